The molecule has 0 saturated carbocycles. The molecule has 0 fully saturated rings. The minimum Gasteiger partial charge on any atom is -0.508 e. The van der Waals surface area contributed by atoms with Gasteiger partial charge < -0.3 is 5.11 Å². The number of para-hydroxylation sites is 1. The largest absolute Gasteiger partial charge is 2.00 e. The number of phenols is 1. The summed E-state index contributed by atoms with van der Waals surface area (Å²) in [5.74, 6) is 0.322. The second-order valence-corrected chi connectivity index (χ2v) is 5.30. The third-order valence-corrected chi connectivity index (χ3v) is 3.49. The van der Waals surface area contributed by atoms with E-state index >= 15 is 0 Å². The number of rotatable bonds is 2. The van der Waals surface area contributed by atoms with E-state index < -0.39 is 0 Å². The number of aromatic nitrogens is 1. The Labute approximate surface area is 164 Å². The molecule has 1 heterocycles. The Balaban J connectivity index is 0.000000258. The fourth-order valence-electron chi connectivity index (χ4n) is 2.29. The number of phenolic OH excluding ortho intramolecular Hbond substituents is 1. The second-order valence-electron chi connectivity index (χ2n) is 5.30. The third kappa shape index (κ3) is 5.58. The number of aromatic hydroxyl groups is 1. The van der Waals surface area contributed by atoms with E-state index in [1.54, 1.807) is 30.5 Å². The summed E-state index contributed by atoms with van der Waals surface area (Å²) < 4.78 is 0. The first kappa shape index (κ1) is 19.4. The van der Waals surface area contributed by atoms with Gasteiger partial charge in [0.2, 0.25) is 0 Å². The van der Waals surface area contributed by atoms with Gasteiger partial charge in [-0.3, -0.25) is 4.98 Å². The zero-order chi connectivity index (χ0) is 17.3. The van der Waals surface area contributed by atoms with Crippen LogP contribution >= 0.6 is 0 Å². The van der Waals surface area contributed by atoms with Crippen LogP contribution in [0.4, 0.5) is 0 Å². The molecule has 3 aromatic carbocycles. The van der Waals surface area contributed by atoms with Crippen LogP contribution < -0.4 is 0 Å². The van der Waals surface area contributed by atoms with E-state index in [9.17, 15) is 0 Å². The van der Waals surface area contributed by atoms with Gasteiger partial charge >= 0.3 is 16.5 Å². The Morgan fingerprint density at radius 3 is 1.96 bits per heavy atom. The van der Waals surface area contributed by atoms with Crippen molar-refractivity contribution in [3.05, 3.63) is 109 Å². The van der Waals surface area contributed by atoms with Crippen molar-refractivity contribution in [2.24, 2.45) is 0 Å². The van der Waals surface area contributed by atoms with Crippen LogP contribution in [0, 0.1) is 12.1 Å². The average molecular weight is 382 g/mol. The molecule has 0 amide bonds. The first-order valence-corrected chi connectivity index (χ1v) is 7.98. The number of benzene rings is 3. The van der Waals surface area contributed by atoms with Gasteiger partial charge in [-0.25, -0.2) is 5.56 Å². The van der Waals surface area contributed by atoms with Crippen molar-refractivity contribution in [2.45, 2.75) is 0 Å². The zero-order valence-corrected chi connectivity index (χ0v) is 14.9. The number of pyridine rings is 1. The summed E-state index contributed by atoms with van der Waals surface area (Å²) in [5.41, 5.74) is 4.04. The van der Waals surface area contributed by atoms with Gasteiger partial charge in [-0.15, -0.1) is 23.8 Å². The summed E-state index contributed by atoms with van der Waals surface area (Å²) in [7, 11) is 0. The van der Waals surface area contributed by atoms with E-state index in [0.29, 0.717) is 5.75 Å². The van der Waals surface area contributed by atoms with Crippen molar-refractivity contribution in [1.82, 2.24) is 4.98 Å². The van der Waals surface area contributed by atoms with Crippen LogP contribution in [0.1, 0.15) is 0 Å². The molecule has 0 bridgehead atoms. The van der Waals surface area contributed by atoms with Gasteiger partial charge in [0.1, 0.15) is 5.75 Å². The smallest absolute Gasteiger partial charge is 0.508 e. The molecule has 0 aliphatic heterocycles. The standard InChI is InChI=1S/C17H11N.C6H6O.Ni/c1-2-7-14(8-3-1)15-9-6-10-16(13-15)17-11-4-5-12-18-17;7-6-4-2-1-3-5-6;/h1-7,9-12H;1-5,7H;/q-2;;+2. The Bertz CT molecular complexity index is 842. The molecule has 4 rings (SSSR count). The van der Waals surface area contributed by atoms with Gasteiger partial charge in [-0.2, -0.15) is 42.0 Å². The molecule has 3 heteroatoms. The predicted molar refractivity (Wildman–Crippen MR) is 101 cm³/mol. The predicted octanol–water partition coefficient (Wildman–Crippen LogP) is 5.41. The van der Waals surface area contributed by atoms with Gasteiger partial charge in [0.15, 0.2) is 0 Å². The van der Waals surface area contributed by atoms with Gasteiger partial charge in [0.25, 0.3) is 0 Å². The topological polar surface area (TPSA) is 33.1 Å². The second kappa shape index (κ2) is 10.2. The molecule has 0 atom stereocenters. The number of hydrogen-bond donors (Lipinski definition) is 1. The van der Waals surface area contributed by atoms with Gasteiger partial charge in [-0.05, 0) is 18.2 Å². The first-order valence-electron chi connectivity index (χ1n) is 7.98. The van der Waals surface area contributed by atoms with Crippen LogP contribution in [0.3, 0.4) is 0 Å². The Morgan fingerprint density at radius 1 is 0.654 bits per heavy atom. The van der Waals surface area contributed by atoms with Crippen molar-refractivity contribution in [2.75, 3.05) is 0 Å². The summed E-state index contributed by atoms with van der Waals surface area (Å²) in [6.45, 7) is 0. The Kier molecular flexibility index (Phi) is 7.60. The number of nitrogens with zero attached hydrogens (tertiary/aromatic N) is 1. The molecule has 0 spiro atoms. The average Bonchev–Trinajstić information content (AvgIpc) is 2.71. The van der Waals surface area contributed by atoms with Gasteiger partial charge in [0.05, 0.1) is 0 Å². The summed E-state index contributed by atoms with van der Waals surface area (Å²) >= 11 is 0. The summed E-state index contributed by atoms with van der Waals surface area (Å²) in [5, 5.41) is 8.63. The fraction of sp³-hybridized carbons (Fsp3) is 0. The van der Waals surface area contributed by atoms with E-state index in [0.717, 1.165) is 22.4 Å². The Morgan fingerprint density at radius 2 is 1.35 bits per heavy atom. The molecule has 4 aromatic rings. The summed E-state index contributed by atoms with van der Waals surface area (Å²) in [6, 6.07) is 35.2. The molecule has 0 aliphatic carbocycles. The van der Waals surface area contributed by atoms with Crippen molar-refractivity contribution >= 4 is 0 Å². The van der Waals surface area contributed by atoms with Crippen LogP contribution in [0.25, 0.3) is 22.4 Å². The molecule has 1 aromatic heterocycles. The molecule has 1 N–H and O–H groups in total. The molecule has 0 radical (unpaired) electrons. The first-order chi connectivity index (χ1) is 12.3. The SMILES string of the molecule is Oc1ccccc1.[Ni+2].[c-]1ccccc1-c1[c-]c(-c2ccccn2)ccc1. The maximum atomic E-state index is 8.63. The van der Waals surface area contributed by atoms with Crippen LogP contribution in [-0.2, 0) is 16.5 Å². The van der Waals surface area contributed by atoms with E-state index in [1.165, 1.54) is 0 Å². The van der Waals surface area contributed by atoms with E-state index in [2.05, 4.69) is 17.1 Å². The molecule has 0 aliphatic rings. The monoisotopic (exact) mass is 381 g/mol. The normalized spacial score (nSPS) is 9.38. The molecule has 2 nitrogen and oxygen atoms in total. The van der Waals surface area contributed by atoms with Crippen molar-refractivity contribution in [3.63, 3.8) is 0 Å². The summed E-state index contributed by atoms with van der Waals surface area (Å²) in [4.78, 5) is 4.34. The van der Waals surface area contributed by atoms with E-state index in [1.807, 2.05) is 66.7 Å². The molecule has 130 valence electrons. The molecular formula is C23H17NNiO. The molecular weight excluding hydrogens is 365 g/mol. The van der Waals surface area contributed by atoms with Gasteiger partial charge in [0, 0.05) is 11.9 Å². The van der Waals surface area contributed by atoms with E-state index in [4.69, 9.17) is 5.11 Å². The number of hydrogen-bond acceptors (Lipinski definition) is 2. The van der Waals surface area contributed by atoms with Gasteiger partial charge in [-0.1, -0.05) is 30.3 Å². The maximum Gasteiger partial charge on any atom is 2.00 e. The van der Waals surface area contributed by atoms with Crippen LogP contribution in [0.5, 0.6) is 5.75 Å². The van der Waals surface area contributed by atoms with Crippen LogP contribution in [0.2, 0.25) is 0 Å². The summed E-state index contributed by atoms with van der Waals surface area (Å²) in [6.07, 6.45) is 1.80. The van der Waals surface area contributed by atoms with Crippen molar-refractivity contribution in [1.29, 1.82) is 0 Å². The zero-order valence-electron chi connectivity index (χ0n) is 13.9. The van der Waals surface area contributed by atoms with Crippen LogP contribution in [0.15, 0.2) is 97.2 Å². The quantitative estimate of drug-likeness (QED) is 0.372. The molecule has 0 saturated heterocycles. The Hall–Kier alpha value is -2.90. The minimum atomic E-state index is 0. The van der Waals surface area contributed by atoms with Crippen molar-refractivity contribution < 1.29 is 21.6 Å². The fourth-order valence-corrected chi connectivity index (χ4v) is 2.29. The molecule has 0 unspecified atom stereocenters. The molecule has 26 heavy (non-hydrogen) atoms. The maximum absolute atomic E-state index is 8.63. The van der Waals surface area contributed by atoms with Crippen molar-refractivity contribution in [3.8, 4) is 28.1 Å². The third-order valence-electron chi connectivity index (χ3n) is 3.49. The van der Waals surface area contributed by atoms with Crippen LogP contribution in [-0.4, -0.2) is 10.1 Å². The minimum absolute atomic E-state index is 0. The van der Waals surface area contributed by atoms with E-state index in [-0.39, 0.29) is 16.5 Å².